The average molecular weight is 228 g/mol. The average Bonchev–Trinajstić information content (AvgIpc) is 2.17. The predicted octanol–water partition coefficient (Wildman–Crippen LogP) is -0.0902. The summed E-state index contributed by atoms with van der Waals surface area (Å²) in [6.07, 6.45) is 0.279. The molecule has 0 aliphatic carbocycles. The number of carbonyl (C=O) groups is 3. The summed E-state index contributed by atoms with van der Waals surface area (Å²) in [5.41, 5.74) is -1.23. The van der Waals surface area contributed by atoms with Gasteiger partial charge in [-0.3, -0.25) is 20.2 Å². The maximum atomic E-state index is 11.7. The first-order valence-corrected chi connectivity index (χ1v) is 5.27. The van der Waals surface area contributed by atoms with Crippen LogP contribution in [0.4, 0.5) is 4.79 Å². The highest BCUT2D eigenvalue weighted by atomic mass is 16.3. The Balaban J connectivity index is 2.87. The zero-order valence-electron chi connectivity index (χ0n) is 9.37. The lowest BCUT2D eigenvalue weighted by molar-refractivity contribution is -0.145. The molecule has 0 radical (unpaired) electrons. The number of hydrogen-bond acceptors (Lipinski definition) is 4. The second-order valence-electron chi connectivity index (χ2n) is 4.06. The molecule has 4 amide bonds. The second-order valence-corrected chi connectivity index (χ2v) is 4.06. The van der Waals surface area contributed by atoms with E-state index in [0.29, 0.717) is 12.8 Å². The summed E-state index contributed by atoms with van der Waals surface area (Å²) in [5.74, 6) is -1.16. The number of nitrogens with one attached hydrogen (secondary N) is 2. The molecular weight excluding hydrogens is 212 g/mol. The van der Waals surface area contributed by atoms with Crippen LogP contribution in [0.25, 0.3) is 0 Å². The largest absolute Gasteiger partial charge is 0.393 e. The molecule has 0 aromatic heterocycles. The van der Waals surface area contributed by atoms with Crippen LogP contribution in [0.2, 0.25) is 0 Å². The first-order chi connectivity index (χ1) is 7.42. The number of aliphatic hydroxyl groups excluding tert-OH is 1. The van der Waals surface area contributed by atoms with E-state index in [4.69, 9.17) is 0 Å². The van der Waals surface area contributed by atoms with Crippen LogP contribution in [0, 0.1) is 5.41 Å². The van der Waals surface area contributed by atoms with Crippen molar-refractivity contribution in [3.8, 4) is 0 Å². The van der Waals surface area contributed by atoms with E-state index in [2.05, 4.69) is 10.6 Å². The highest BCUT2D eigenvalue weighted by molar-refractivity contribution is 6.19. The maximum Gasteiger partial charge on any atom is 0.328 e. The molecular formula is C10H16N2O4. The number of carbonyl (C=O) groups excluding carboxylic acids is 3. The van der Waals surface area contributed by atoms with E-state index >= 15 is 0 Å². The van der Waals surface area contributed by atoms with Gasteiger partial charge in [0.1, 0.15) is 5.41 Å². The fourth-order valence-electron chi connectivity index (χ4n) is 1.76. The SMILES string of the molecule is CCC1(CCC(C)O)C(=O)NC(=O)NC1=O. The fourth-order valence-corrected chi connectivity index (χ4v) is 1.76. The standard InChI is InChI=1S/C10H16N2O4/c1-3-10(5-4-6(2)13)7(14)11-9(16)12-8(10)15/h6,13H,3-5H2,1-2H3,(H2,11,12,14,15,16). The Morgan fingerprint density at radius 3 is 2.12 bits per heavy atom. The Labute approximate surface area is 93.4 Å². The summed E-state index contributed by atoms with van der Waals surface area (Å²) in [6.45, 7) is 3.30. The lowest BCUT2D eigenvalue weighted by atomic mass is 9.77. The molecule has 3 N–H and O–H groups in total. The highest BCUT2D eigenvalue weighted by Crippen LogP contribution is 2.31. The molecule has 0 spiro atoms. The van der Waals surface area contributed by atoms with Gasteiger partial charge in [0, 0.05) is 0 Å². The molecule has 0 saturated carbocycles. The molecule has 1 heterocycles. The summed E-state index contributed by atoms with van der Waals surface area (Å²) in [5, 5.41) is 13.4. The summed E-state index contributed by atoms with van der Waals surface area (Å²) >= 11 is 0. The first-order valence-electron chi connectivity index (χ1n) is 5.27. The van der Waals surface area contributed by atoms with E-state index in [-0.39, 0.29) is 6.42 Å². The Morgan fingerprint density at radius 2 is 1.75 bits per heavy atom. The minimum Gasteiger partial charge on any atom is -0.393 e. The van der Waals surface area contributed by atoms with Crippen molar-refractivity contribution in [1.29, 1.82) is 0 Å². The number of aliphatic hydroxyl groups is 1. The first kappa shape index (κ1) is 12.6. The van der Waals surface area contributed by atoms with Crippen LogP contribution in [0.1, 0.15) is 33.1 Å². The molecule has 1 atom stereocenters. The molecule has 90 valence electrons. The molecule has 1 aliphatic rings. The van der Waals surface area contributed by atoms with Gasteiger partial charge in [-0.1, -0.05) is 6.92 Å². The third kappa shape index (κ3) is 2.21. The zero-order chi connectivity index (χ0) is 12.3. The van der Waals surface area contributed by atoms with Gasteiger partial charge >= 0.3 is 6.03 Å². The van der Waals surface area contributed by atoms with Gasteiger partial charge in [0.2, 0.25) is 11.8 Å². The molecule has 0 aromatic rings. The van der Waals surface area contributed by atoms with Gasteiger partial charge in [0.25, 0.3) is 0 Å². The van der Waals surface area contributed by atoms with Crippen molar-refractivity contribution < 1.29 is 19.5 Å². The molecule has 1 unspecified atom stereocenters. The number of hydrogen-bond donors (Lipinski definition) is 3. The molecule has 0 bridgehead atoms. The van der Waals surface area contributed by atoms with E-state index in [0.717, 1.165) is 0 Å². The van der Waals surface area contributed by atoms with Gasteiger partial charge in [-0.15, -0.1) is 0 Å². The van der Waals surface area contributed by atoms with Crippen LogP contribution < -0.4 is 10.6 Å². The van der Waals surface area contributed by atoms with Gasteiger partial charge in [0.05, 0.1) is 6.10 Å². The molecule has 1 saturated heterocycles. The zero-order valence-corrected chi connectivity index (χ0v) is 9.37. The van der Waals surface area contributed by atoms with Crippen LogP contribution in [-0.2, 0) is 9.59 Å². The monoisotopic (exact) mass is 228 g/mol. The van der Waals surface area contributed by atoms with Crippen molar-refractivity contribution in [2.24, 2.45) is 5.41 Å². The second kappa shape index (κ2) is 4.61. The Morgan fingerprint density at radius 1 is 1.25 bits per heavy atom. The maximum absolute atomic E-state index is 11.7. The third-order valence-corrected chi connectivity index (χ3v) is 2.92. The molecule has 6 nitrogen and oxygen atoms in total. The topological polar surface area (TPSA) is 95.5 Å². The van der Waals surface area contributed by atoms with Gasteiger partial charge in [0.15, 0.2) is 0 Å². The van der Waals surface area contributed by atoms with E-state index in [1.54, 1.807) is 13.8 Å². The number of rotatable bonds is 4. The summed E-state index contributed by atoms with van der Waals surface area (Å²) in [6, 6.07) is -0.781. The fraction of sp³-hybridized carbons (Fsp3) is 0.700. The van der Waals surface area contributed by atoms with Crippen LogP contribution >= 0.6 is 0 Å². The third-order valence-electron chi connectivity index (χ3n) is 2.92. The minimum absolute atomic E-state index is 0.228. The molecule has 1 fully saturated rings. The number of barbiturate groups is 1. The van der Waals surface area contributed by atoms with E-state index in [1.165, 1.54) is 0 Å². The number of urea groups is 1. The van der Waals surface area contributed by atoms with Gasteiger partial charge in [-0.25, -0.2) is 4.79 Å². The lowest BCUT2D eigenvalue weighted by Crippen LogP contribution is -2.62. The van der Waals surface area contributed by atoms with E-state index in [1.807, 2.05) is 0 Å². The van der Waals surface area contributed by atoms with Crippen molar-refractivity contribution in [3.05, 3.63) is 0 Å². The normalized spacial score (nSPS) is 21.3. The Kier molecular flexibility index (Phi) is 3.64. The Hall–Kier alpha value is -1.43. The van der Waals surface area contributed by atoms with Crippen molar-refractivity contribution in [3.63, 3.8) is 0 Å². The van der Waals surface area contributed by atoms with Gasteiger partial charge < -0.3 is 5.11 Å². The summed E-state index contributed by atoms with van der Waals surface area (Å²) in [7, 11) is 0. The number of amides is 4. The number of imide groups is 2. The summed E-state index contributed by atoms with van der Waals surface area (Å²) < 4.78 is 0. The minimum atomic E-state index is -1.23. The molecule has 6 heteroatoms. The van der Waals surface area contributed by atoms with Gasteiger partial charge in [-0.05, 0) is 26.2 Å². The highest BCUT2D eigenvalue weighted by Gasteiger charge is 2.48. The van der Waals surface area contributed by atoms with Crippen molar-refractivity contribution >= 4 is 17.8 Å². The van der Waals surface area contributed by atoms with Crippen LogP contribution in [0.15, 0.2) is 0 Å². The van der Waals surface area contributed by atoms with E-state index < -0.39 is 29.4 Å². The van der Waals surface area contributed by atoms with Crippen molar-refractivity contribution in [2.45, 2.75) is 39.2 Å². The van der Waals surface area contributed by atoms with Crippen molar-refractivity contribution in [2.75, 3.05) is 0 Å². The molecule has 1 aliphatic heterocycles. The van der Waals surface area contributed by atoms with Crippen LogP contribution in [0.3, 0.4) is 0 Å². The smallest absolute Gasteiger partial charge is 0.328 e. The van der Waals surface area contributed by atoms with E-state index in [9.17, 15) is 19.5 Å². The molecule has 1 rings (SSSR count). The molecule has 0 aromatic carbocycles. The van der Waals surface area contributed by atoms with Gasteiger partial charge in [-0.2, -0.15) is 0 Å². The Bertz CT molecular complexity index is 305. The van der Waals surface area contributed by atoms with Crippen LogP contribution in [-0.4, -0.2) is 29.1 Å². The predicted molar refractivity (Wildman–Crippen MR) is 55.3 cm³/mol. The van der Waals surface area contributed by atoms with Crippen molar-refractivity contribution in [1.82, 2.24) is 10.6 Å². The lowest BCUT2D eigenvalue weighted by Gasteiger charge is -2.33. The molecule has 16 heavy (non-hydrogen) atoms. The van der Waals surface area contributed by atoms with Crippen LogP contribution in [0.5, 0.6) is 0 Å². The summed E-state index contributed by atoms with van der Waals surface area (Å²) in [4.78, 5) is 34.3. The quantitative estimate of drug-likeness (QED) is 0.586.